The maximum Gasteiger partial charge on any atom is 0.328 e. The molecule has 0 radical (unpaired) electrons. The van der Waals surface area contributed by atoms with Crippen LogP contribution < -0.4 is 4.74 Å². The molecule has 0 bridgehead atoms. The molecular weight excluding hydrogens is 300 g/mol. The zero-order valence-electron chi connectivity index (χ0n) is 13.7. The molecule has 0 aliphatic carbocycles. The molecule has 0 fully saturated rings. The van der Waals surface area contributed by atoms with Gasteiger partial charge >= 0.3 is 11.9 Å². The Balaban J connectivity index is 3.00. The maximum absolute atomic E-state index is 12.6. The summed E-state index contributed by atoms with van der Waals surface area (Å²) in [5, 5.41) is 0. The number of rotatable bonds is 8. The minimum Gasteiger partial charge on any atom is -0.465 e. The van der Waals surface area contributed by atoms with Crippen molar-refractivity contribution in [1.82, 2.24) is 0 Å². The lowest BCUT2D eigenvalue weighted by molar-refractivity contribution is -0.168. The summed E-state index contributed by atoms with van der Waals surface area (Å²) in [7, 11) is 0. The quantitative estimate of drug-likeness (QED) is 0.312. The van der Waals surface area contributed by atoms with Crippen LogP contribution in [0.25, 0.3) is 0 Å². The highest BCUT2D eigenvalue weighted by atomic mass is 32.2. The molecular formula is C17H24O4S. The first kappa shape index (κ1) is 18.6. The van der Waals surface area contributed by atoms with E-state index in [1.165, 1.54) is 11.8 Å². The smallest absolute Gasteiger partial charge is 0.328 e. The number of carbonyl (C=O) groups is 2. The van der Waals surface area contributed by atoms with Crippen molar-refractivity contribution in [1.29, 1.82) is 0 Å². The molecule has 0 unspecified atom stereocenters. The molecule has 0 saturated carbocycles. The van der Waals surface area contributed by atoms with Crippen LogP contribution in [0.5, 0.6) is 5.75 Å². The second-order valence-corrected chi connectivity index (χ2v) is 5.81. The van der Waals surface area contributed by atoms with Crippen LogP contribution in [0, 0.1) is 5.41 Å². The van der Waals surface area contributed by atoms with Gasteiger partial charge < -0.3 is 9.47 Å². The Bertz CT molecular complexity index is 509. The monoisotopic (exact) mass is 324 g/mol. The van der Waals surface area contributed by atoms with Crippen LogP contribution in [-0.2, 0) is 14.3 Å². The summed E-state index contributed by atoms with van der Waals surface area (Å²) in [6, 6.07) is 7.29. The molecule has 5 heteroatoms. The first-order valence-electron chi connectivity index (χ1n) is 7.58. The third-order valence-corrected chi connectivity index (χ3v) is 4.47. The van der Waals surface area contributed by atoms with Crippen LogP contribution in [0.15, 0.2) is 29.2 Å². The molecule has 22 heavy (non-hydrogen) atoms. The normalized spacial score (nSPS) is 11.1. The van der Waals surface area contributed by atoms with Gasteiger partial charge in [-0.2, -0.15) is 0 Å². The first-order chi connectivity index (χ1) is 10.6. The molecule has 0 atom stereocenters. The van der Waals surface area contributed by atoms with E-state index < -0.39 is 17.4 Å². The van der Waals surface area contributed by atoms with E-state index in [0.717, 1.165) is 11.3 Å². The largest absolute Gasteiger partial charge is 0.465 e. The topological polar surface area (TPSA) is 52.6 Å². The average molecular weight is 324 g/mol. The molecule has 0 saturated heterocycles. The van der Waals surface area contributed by atoms with Crippen molar-refractivity contribution >= 4 is 23.7 Å². The van der Waals surface area contributed by atoms with Gasteiger partial charge in [0.15, 0.2) is 5.41 Å². The van der Waals surface area contributed by atoms with Crippen molar-refractivity contribution < 1.29 is 19.1 Å². The summed E-state index contributed by atoms with van der Waals surface area (Å²) < 4.78 is 10.7. The molecule has 0 heterocycles. The molecule has 0 spiro atoms. The molecule has 1 aromatic rings. The molecule has 1 rings (SSSR count). The van der Waals surface area contributed by atoms with E-state index in [0.29, 0.717) is 25.2 Å². The molecule has 1 aromatic carbocycles. The molecule has 0 amide bonds. The number of carbonyl (C=O) groups excluding carboxylic acids is 2. The summed E-state index contributed by atoms with van der Waals surface area (Å²) in [6.07, 6.45) is 3.34. The zero-order valence-corrected chi connectivity index (χ0v) is 14.5. The van der Waals surface area contributed by atoms with Crippen molar-refractivity contribution in [3.63, 3.8) is 0 Å². The highest BCUT2D eigenvalue weighted by Crippen LogP contribution is 2.33. The fourth-order valence-corrected chi connectivity index (χ4v) is 2.67. The van der Waals surface area contributed by atoms with Crippen molar-refractivity contribution in [2.24, 2.45) is 5.41 Å². The molecule has 0 aliphatic heterocycles. The van der Waals surface area contributed by atoms with E-state index in [1.54, 1.807) is 26.0 Å². The van der Waals surface area contributed by atoms with Crippen LogP contribution in [0.4, 0.5) is 0 Å². The van der Waals surface area contributed by atoms with E-state index in [1.807, 2.05) is 25.3 Å². The van der Waals surface area contributed by atoms with Gasteiger partial charge in [-0.25, -0.2) is 0 Å². The number of hydrogen-bond acceptors (Lipinski definition) is 5. The van der Waals surface area contributed by atoms with Crippen LogP contribution in [-0.4, -0.2) is 24.8 Å². The second kappa shape index (κ2) is 8.83. The Morgan fingerprint density at radius 3 is 2.27 bits per heavy atom. The number of esters is 2. The number of thioether (sulfide) groups is 1. The van der Waals surface area contributed by atoms with Gasteiger partial charge in [0.2, 0.25) is 0 Å². The standard InChI is InChI=1S/C17H24O4S/c1-5-12-20-15(18)17(6-2,7-3)16(19)21-13-10-8-9-11-14(13)22-4/h8-11H,5-7,12H2,1-4H3. The highest BCUT2D eigenvalue weighted by molar-refractivity contribution is 7.98. The second-order valence-electron chi connectivity index (χ2n) is 4.97. The lowest BCUT2D eigenvalue weighted by atomic mass is 9.82. The van der Waals surface area contributed by atoms with E-state index in [2.05, 4.69) is 0 Å². The van der Waals surface area contributed by atoms with Crippen molar-refractivity contribution in [2.75, 3.05) is 12.9 Å². The minimum atomic E-state index is -1.24. The molecule has 0 N–H and O–H groups in total. The molecule has 0 aromatic heterocycles. The van der Waals surface area contributed by atoms with Gasteiger partial charge in [-0.1, -0.05) is 32.9 Å². The summed E-state index contributed by atoms with van der Waals surface area (Å²) in [5.41, 5.74) is -1.24. The van der Waals surface area contributed by atoms with E-state index in [-0.39, 0.29) is 0 Å². The Morgan fingerprint density at radius 1 is 1.09 bits per heavy atom. The highest BCUT2D eigenvalue weighted by Gasteiger charge is 2.46. The minimum absolute atomic E-state index is 0.315. The molecule has 4 nitrogen and oxygen atoms in total. The lowest BCUT2D eigenvalue weighted by Gasteiger charge is -2.27. The third kappa shape index (κ3) is 4.03. The SMILES string of the molecule is CCCOC(=O)C(CC)(CC)C(=O)Oc1ccccc1SC. The van der Waals surface area contributed by atoms with Gasteiger partial charge in [-0.05, 0) is 37.7 Å². The zero-order chi connectivity index (χ0) is 16.6. The lowest BCUT2D eigenvalue weighted by Crippen LogP contribution is -2.42. The maximum atomic E-state index is 12.6. The van der Waals surface area contributed by atoms with Crippen molar-refractivity contribution in [3.8, 4) is 5.75 Å². The van der Waals surface area contributed by atoms with Gasteiger partial charge in [0.1, 0.15) is 5.75 Å². The summed E-state index contributed by atoms with van der Waals surface area (Å²) in [5.74, 6) is -0.555. The summed E-state index contributed by atoms with van der Waals surface area (Å²) in [4.78, 5) is 25.8. The van der Waals surface area contributed by atoms with Gasteiger partial charge in [-0.3, -0.25) is 9.59 Å². The van der Waals surface area contributed by atoms with Crippen LogP contribution >= 0.6 is 11.8 Å². The van der Waals surface area contributed by atoms with E-state index in [4.69, 9.17) is 9.47 Å². The average Bonchev–Trinajstić information content (AvgIpc) is 2.55. The Labute approximate surface area is 136 Å². The van der Waals surface area contributed by atoms with Crippen molar-refractivity contribution in [2.45, 2.75) is 44.9 Å². The summed E-state index contributed by atoms with van der Waals surface area (Å²) in [6.45, 7) is 5.84. The fraction of sp³-hybridized carbons (Fsp3) is 0.529. The Morgan fingerprint density at radius 2 is 1.73 bits per heavy atom. The predicted molar refractivity (Wildman–Crippen MR) is 88.1 cm³/mol. The van der Waals surface area contributed by atoms with E-state index in [9.17, 15) is 9.59 Å². The number of hydrogen-bond donors (Lipinski definition) is 0. The van der Waals surface area contributed by atoms with Crippen molar-refractivity contribution in [3.05, 3.63) is 24.3 Å². The van der Waals surface area contributed by atoms with Crippen LogP contribution in [0.3, 0.4) is 0 Å². The van der Waals surface area contributed by atoms with Gasteiger partial charge in [0.05, 0.1) is 6.61 Å². The molecule has 122 valence electrons. The Hall–Kier alpha value is -1.49. The van der Waals surface area contributed by atoms with Crippen LogP contribution in [0.2, 0.25) is 0 Å². The number of ether oxygens (including phenoxy) is 2. The first-order valence-corrected chi connectivity index (χ1v) is 8.80. The molecule has 0 aliphatic rings. The van der Waals surface area contributed by atoms with Gasteiger partial charge in [0.25, 0.3) is 0 Å². The fourth-order valence-electron chi connectivity index (χ4n) is 2.14. The van der Waals surface area contributed by atoms with Crippen LogP contribution in [0.1, 0.15) is 40.0 Å². The van der Waals surface area contributed by atoms with Gasteiger partial charge in [0, 0.05) is 4.90 Å². The number of para-hydroxylation sites is 1. The summed E-state index contributed by atoms with van der Waals surface area (Å²) >= 11 is 1.49. The van der Waals surface area contributed by atoms with Gasteiger partial charge in [-0.15, -0.1) is 11.8 Å². The predicted octanol–water partition coefficient (Wildman–Crippen LogP) is 4.07. The van der Waals surface area contributed by atoms with E-state index >= 15 is 0 Å². The Kier molecular flexibility index (Phi) is 7.45. The third-order valence-electron chi connectivity index (χ3n) is 3.70. The number of benzene rings is 1.